The Morgan fingerprint density at radius 3 is 2.63 bits per heavy atom. The van der Waals surface area contributed by atoms with E-state index >= 15 is 0 Å². The molecule has 1 aliphatic rings. The van der Waals surface area contributed by atoms with Crippen molar-refractivity contribution in [3.63, 3.8) is 0 Å². The number of benzene rings is 1. The van der Waals surface area contributed by atoms with Crippen LogP contribution in [0.2, 0.25) is 0 Å². The van der Waals surface area contributed by atoms with Crippen LogP contribution < -0.4 is 0 Å². The van der Waals surface area contributed by atoms with Gasteiger partial charge in [-0.05, 0) is 29.9 Å². The standard InChI is InChI=1S/C17H23NO/c1-17(2,3)16-13-7-5-6-8-14(13)18-11-12(19-4)9-10-15(16)18/h5-8,12H,9-11H2,1-4H3. The Labute approximate surface area is 115 Å². The van der Waals surface area contributed by atoms with Crippen molar-refractivity contribution in [2.45, 2.75) is 51.7 Å². The van der Waals surface area contributed by atoms with Gasteiger partial charge in [0.1, 0.15) is 0 Å². The Balaban J connectivity index is 2.27. The lowest BCUT2D eigenvalue weighted by Crippen LogP contribution is -2.27. The van der Waals surface area contributed by atoms with Gasteiger partial charge in [-0.1, -0.05) is 39.0 Å². The maximum absolute atomic E-state index is 5.57. The second kappa shape index (κ2) is 4.38. The zero-order valence-corrected chi connectivity index (χ0v) is 12.4. The van der Waals surface area contributed by atoms with Crippen LogP contribution in [0.3, 0.4) is 0 Å². The van der Waals surface area contributed by atoms with Crippen molar-refractivity contribution in [1.29, 1.82) is 0 Å². The summed E-state index contributed by atoms with van der Waals surface area (Å²) in [6, 6.07) is 8.80. The van der Waals surface area contributed by atoms with Crippen LogP contribution in [0, 0.1) is 0 Å². The highest BCUT2D eigenvalue weighted by Crippen LogP contribution is 2.38. The highest BCUT2D eigenvalue weighted by atomic mass is 16.5. The first-order valence-corrected chi connectivity index (χ1v) is 7.15. The van der Waals surface area contributed by atoms with E-state index in [1.54, 1.807) is 0 Å². The van der Waals surface area contributed by atoms with Crippen LogP contribution in [0.25, 0.3) is 10.9 Å². The number of fused-ring (bicyclic) bond motifs is 3. The van der Waals surface area contributed by atoms with Gasteiger partial charge in [-0.25, -0.2) is 0 Å². The molecule has 0 radical (unpaired) electrons. The number of para-hydroxylation sites is 1. The van der Waals surface area contributed by atoms with Gasteiger partial charge in [-0.3, -0.25) is 0 Å². The molecule has 2 heterocycles. The molecule has 1 aromatic heterocycles. The minimum atomic E-state index is 0.195. The maximum Gasteiger partial charge on any atom is 0.0754 e. The van der Waals surface area contributed by atoms with Gasteiger partial charge in [0.25, 0.3) is 0 Å². The molecule has 1 unspecified atom stereocenters. The SMILES string of the molecule is COC1CCc2c(C(C)(C)C)c3ccccc3n2C1. The molecule has 1 atom stereocenters. The second-order valence-electron chi connectivity index (χ2n) is 6.60. The minimum absolute atomic E-state index is 0.195. The number of hydrogen-bond acceptors (Lipinski definition) is 1. The van der Waals surface area contributed by atoms with E-state index in [4.69, 9.17) is 4.74 Å². The predicted octanol–water partition coefficient (Wildman–Crippen LogP) is 3.90. The molecule has 3 rings (SSSR count). The number of hydrogen-bond donors (Lipinski definition) is 0. The Morgan fingerprint density at radius 1 is 1.21 bits per heavy atom. The van der Waals surface area contributed by atoms with E-state index in [2.05, 4.69) is 49.6 Å². The molecule has 1 aliphatic heterocycles. The molecule has 0 N–H and O–H groups in total. The summed E-state index contributed by atoms with van der Waals surface area (Å²) in [6.07, 6.45) is 2.62. The van der Waals surface area contributed by atoms with Crippen molar-refractivity contribution < 1.29 is 4.74 Å². The summed E-state index contributed by atoms with van der Waals surface area (Å²) in [5, 5.41) is 1.42. The first-order valence-electron chi connectivity index (χ1n) is 7.15. The van der Waals surface area contributed by atoms with E-state index in [9.17, 15) is 0 Å². The summed E-state index contributed by atoms with van der Waals surface area (Å²) in [6.45, 7) is 7.94. The Bertz CT molecular complexity index is 603. The van der Waals surface area contributed by atoms with Crippen molar-refractivity contribution in [2.75, 3.05) is 7.11 Å². The monoisotopic (exact) mass is 257 g/mol. The van der Waals surface area contributed by atoms with Crippen molar-refractivity contribution in [3.8, 4) is 0 Å². The molecule has 0 amide bonds. The van der Waals surface area contributed by atoms with E-state index in [-0.39, 0.29) is 5.41 Å². The fourth-order valence-corrected chi connectivity index (χ4v) is 3.45. The lowest BCUT2D eigenvalue weighted by molar-refractivity contribution is 0.0722. The van der Waals surface area contributed by atoms with Gasteiger partial charge in [-0.15, -0.1) is 0 Å². The summed E-state index contributed by atoms with van der Waals surface area (Å²) in [5.41, 5.74) is 4.60. The second-order valence-corrected chi connectivity index (χ2v) is 6.60. The fraction of sp³-hybridized carbons (Fsp3) is 0.529. The number of nitrogens with zero attached hydrogens (tertiary/aromatic N) is 1. The Kier molecular flexibility index (Phi) is 2.94. The molecule has 102 valence electrons. The highest BCUT2D eigenvalue weighted by Gasteiger charge is 2.29. The van der Waals surface area contributed by atoms with Gasteiger partial charge < -0.3 is 9.30 Å². The van der Waals surface area contributed by atoms with Gasteiger partial charge in [0.2, 0.25) is 0 Å². The van der Waals surface area contributed by atoms with Crippen LogP contribution in [0.15, 0.2) is 24.3 Å². The summed E-state index contributed by atoms with van der Waals surface area (Å²) in [5.74, 6) is 0. The quantitative estimate of drug-likeness (QED) is 0.755. The third-order valence-corrected chi connectivity index (χ3v) is 4.25. The lowest BCUT2D eigenvalue weighted by atomic mass is 9.83. The molecule has 19 heavy (non-hydrogen) atoms. The summed E-state index contributed by atoms with van der Waals surface area (Å²) >= 11 is 0. The Morgan fingerprint density at radius 2 is 1.95 bits per heavy atom. The van der Waals surface area contributed by atoms with Crippen LogP contribution >= 0.6 is 0 Å². The van der Waals surface area contributed by atoms with Crippen LogP contribution in [-0.2, 0) is 23.1 Å². The van der Waals surface area contributed by atoms with Crippen molar-refractivity contribution in [1.82, 2.24) is 4.57 Å². The third-order valence-electron chi connectivity index (χ3n) is 4.25. The normalized spacial score (nSPS) is 19.7. The molecule has 2 heteroatoms. The predicted molar refractivity (Wildman–Crippen MR) is 79.8 cm³/mol. The summed E-state index contributed by atoms with van der Waals surface area (Å²) in [4.78, 5) is 0. The average molecular weight is 257 g/mol. The number of aromatic nitrogens is 1. The zero-order chi connectivity index (χ0) is 13.6. The number of methoxy groups -OCH3 is 1. The molecule has 1 aromatic carbocycles. The number of ether oxygens (including phenoxy) is 1. The first kappa shape index (κ1) is 12.7. The summed E-state index contributed by atoms with van der Waals surface area (Å²) < 4.78 is 8.05. The van der Waals surface area contributed by atoms with Gasteiger partial charge in [0.15, 0.2) is 0 Å². The van der Waals surface area contributed by atoms with Gasteiger partial charge >= 0.3 is 0 Å². The van der Waals surface area contributed by atoms with Gasteiger partial charge in [-0.2, -0.15) is 0 Å². The van der Waals surface area contributed by atoms with E-state index in [1.807, 2.05) is 7.11 Å². The van der Waals surface area contributed by atoms with E-state index in [0.717, 1.165) is 19.4 Å². The van der Waals surface area contributed by atoms with E-state index in [1.165, 1.54) is 22.2 Å². The van der Waals surface area contributed by atoms with E-state index in [0.29, 0.717) is 6.10 Å². The molecule has 0 saturated carbocycles. The topological polar surface area (TPSA) is 14.2 Å². The summed E-state index contributed by atoms with van der Waals surface area (Å²) in [7, 11) is 1.83. The van der Waals surface area contributed by atoms with Gasteiger partial charge in [0.05, 0.1) is 6.10 Å². The van der Waals surface area contributed by atoms with Crippen molar-refractivity contribution in [3.05, 3.63) is 35.5 Å². The molecule has 0 bridgehead atoms. The first-order chi connectivity index (χ1) is 9.02. The smallest absolute Gasteiger partial charge is 0.0754 e. The lowest BCUT2D eigenvalue weighted by Gasteiger charge is -2.27. The third kappa shape index (κ3) is 1.99. The van der Waals surface area contributed by atoms with Crippen LogP contribution in [-0.4, -0.2) is 17.8 Å². The molecular weight excluding hydrogens is 234 g/mol. The largest absolute Gasteiger partial charge is 0.380 e. The molecule has 2 aromatic rings. The van der Waals surface area contributed by atoms with Crippen molar-refractivity contribution >= 4 is 10.9 Å². The van der Waals surface area contributed by atoms with Gasteiger partial charge in [0, 0.05) is 30.3 Å². The molecular formula is C17H23NO. The van der Waals surface area contributed by atoms with Crippen LogP contribution in [0.4, 0.5) is 0 Å². The van der Waals surface area contributed by atoms with Crippen LogP contribution in [0.1, 0.15) is 38.4 Å². The number of rotatable bonds is 1. The zero-order valence-electron chi connectivity index (χ0n) is 12.4. The molecule has 0 spiro atoms. The minimum Gasteiger partial charge on any atom is -0.380 e. The molecule has 0 aliphatic carbocycles. The van der Waals surface area contributed by atoms with Crippen LogP contribution in [0.5, 0.6) is 0 Å². The fourth-order valence-electron chi connectivity index (χ4n) is 3.45. The Hall–Kier alpha value is -1.28. The molecule has 0 saturated heterocycles. The highest BCUT2D eigenvalue weighted by molar-refractivity contribution is 5.86. The maximum atomic E-state index is 5.57. The van der Waals surface area contributed by atoms with Crippen molar-refractivity contribution in [2.24, 2.45) is 0 Å². The van der Waals surface area contributed by atoms with E-state index < -0.39 is 0 Å². The average Bonchev–Trinajstić information content (AvgIpc) is 2.72. The molecule has 0 fully saturated rings. The molecule has 2 nitrogen and oxygen atoms in total.